The number of rotatable bonds is 1. The quantitative estimate of drug-likeness (QED) is 0.743. The second-order valence-corrected chi connectivity index (χ2v) is 7.00. The molecule has 6 unspecified atom stereocenters. The molecular weight excluding hydrogens is 240 g/mol. The summed E-state index contributed by atoms with van der Waals surface area (Å²) in [6.07, 6.45) is 4.85. The monoisotopic (exact) mass is 266 g/mol. The van der Waals surface area contributed by atoms with Crippen LogP contribution in [0, 0.1) is 23.7 Å². The number of likely N-dealkylation sites (tertiary alicyclic amines) is 1. The predicted molar refractivity (Wildman–Crippen MR) is 73.3 cm³/mol. The fourth-order valence-corrected chi connectivity index (χ4v) is 4.34. The van der Waals surface area contributed by atoms with Crippen molar-refractivity contribution < 1.29 is 9.90 Å². The van der Waals surface area contributed by atoms with Gasteiger partial charge in [0.1, 0.15) is 0 Å². The summed E-state index contributed by atoms with van der Waals surface area (Å²) in [5.41, 5.74) is 6.16. The van der Waals surface area contributed by atoms with Crippen LogP contribution >= 0.6 is 0 Å². The first kappa shape index (κ1) is 13.4. The molecule has 3 fully saturated rings. The predicted octanol–water partition coefficient (Wildman–Crippen LogP) is 0.979. The zero-order chi connectivity index (χ0) is 13.6. The summed E-state index contributed by atoms with van der Waals surface area (Å²) in [7, 11) is 0. The number of amides is 1. The second-order valence-electron chi connectivity index (χ2n) is 7.00. The number of hydrogen-bond donors (Lipinski definition) is 2. The van der Waals surface area contributed by atoms with Crippen molar-refractivity contribution in [1.29, 1.82) is 0 Å². The number of nitrogens with two attached hydrogens (primary N) is 1. The van der Waals surface area contributed by atoms with Gasteiger partial charge in [-0.3, -0.25) is 4.79 Å². The summed E-state index contributed by atoms with van der Waals surface area (Å²) in [5.74, 6) is 1.72. The molecule has 2 saturated carbocycles. The summed E-state index contributed by atoms with van der Waals surface area (Å²) < 4.78 is 0. The fourth-order valence-electron chi connectivity index (χ4n) is 4.34. The lowest BCUT2D eigenvalue weighted by Gasteiger charge is -2.34. The van der Waals surface area contributed by atoms with Gasteiger partial charge in [0.2, 0.25) is 5.91 Å². The average molecular weight is 266 g/mol. The van der Waals surface area contributed by atoms with Crippen LogP contribution in [0.2, 0.25) is 0 Å². The third-order valence-corrected chi connectivity index (χ3v) is 5.61. The topological polar surface area (TPSA) is 66.6 Å². The normalized spacial score (nSPS) is 46.4. The third kappa shape index (κ3) is 2.40. The first-order valence-electron chi connectivity index (χ1n) is 7.78. The van der Waals surface area contributed by atoms with Crippen LogP contribution < -0.4 is 5.73 Å². The van der Waals surface area contributed by atoms with Crippen molar-refractivity contribution in [1.82, 2.24) is 4.90 Å². The van der Waals surface area contributed by atoms with Crippen LogP contribution in [-0.2, 0) is 4.79 Å². The number of aliphatic hydroxyl groups excluding tert-OH is 1. The van der Waals surface area contributed by atoms with Crippen molar-refractivity contribution in [3.63, 3.8) is 0 Å². The van der Waals surface area contributed by atoms with Gasteiger partial charge in [-0.1, -0.05) is 6.92 Å². The molecule has 3 rings (SSSR count). The van der Waals surface area contributed by atoms with Crippen LogP contribution in [0.3, 0.4) is 0 Å². The van der Waals surface area contributed by atoms with E-state index in [2.05, 4.69) is 6.92 Å². The molecule has 108 valence electrons. The minimum Gasteiger partial charge on any atom is -0.393 e. The van der Waals surface area contributed by atoms with Crippen molar-refractivity contribution in [3.05, 3.63) is 0 Å². The van der Waals surface area contributed by atoms with E-state index in [-0.39, 0.29) is 24.0 Å². The fraction of sp³-hybridized carbons (Fsp3) is 0.933. The maximum atomic E-state index is 12.7. The van der Waals surface area contributed by atoms with Gasteiger partial charge in [-0.2, -0.15) is 0 Å². The maximum Gasteiger partial charge on any atom is 0.227 e. The van der Waals surface area contributed by atoms with Crippen molar-refractivity contribution >= 4 is 5.91 Å². The molecule has 4 nitrogen and oxygen atoms in total. The van der Waals surface area contributed by atoms with Crippen molar-refractivity contribution in [2.24, 2.45) is 29.4 Å². The minimum absolute atomic E-state index is 0.0136. The molecule has 6 atom stereocenters. The van der Waals surface area contributed by atoms with E-state index in [0.29, 0.717) is 17.8 Å². The number of carbonyl (C=O) groups is 1. The lowest BCUT2D eigenvalue weighted by molar-refractivity contribution is -0.137. The minimum atomic E-state index is -0.193. The molecule has 0 bridgehead atoms. The van der Waals surface area contributed by atoms with E-state index < -0.39 is 0 Å². The Balaban J connectivity index is 1.65. The second kappa shape index (κ2) is 5.06. The Morgan fingerprint density at radius 1 is 1.21 bits per heavy atom. The van der Waals surface area contributed by atoms with Crippen LogP contribution in [-0.4, -0.2) is 41.1 Å². The highest BCUT2D eigenvalue weighted by Crippen LogP contribution is 2.39. The molecule has 1 saturated heterocycles. The van der Waals surface area contributed by atoms with Crippen LogP contribution in [0.15, 0.2) is 0 Å². The Morgan fingerprint density at radius 3 is 2.74 bits per heavy atom. The van der Waals surface area contributed by atoms with Gasteiger partial charge >= 0.3 is 0 Å². The zero-order valence-corrected chi connectivity index (χ0v) is 11.8. The van der Waals surface area contributed by atoms with Crippen molar-refractivity contribution in [2.75, 3.05) is 13.1 Å². The number of hydrogen-bond acceptors (Lipinski definition) is 3. The highest BCUT2D eigenvalue weighted by Gasteiger charge is 2.45. The smallest absolute Gasteiger partial charge is 0.227 e. The third-order valence-electron chi connectivity index (χ3n) is 5.61. The first-order valence-corrected chi connectivity index (χ1v) is 7.78. The molecule has 0 aromatic heterocycles. The molecule has 0 spiro atoms. The Hall–Kier alpha value is -0.610. The highest BCUT2D eigenvalue weighted by atomic mass is 16.3. The van der Waals surface area contributed by atoms with E-state index in [1.807, 2.05) is 4.90 Å². The van der Waals surface area contributed by atoms with Gasteiger partial charge in [0, 0.05) is 25.0 Å². The lowest BCUT2D eigenvalue weighted by atomic mass is 9.78. The lowest BCUT2D eigenvalue weighted by Crippen LogP contribution is -2.46. The summed E-state index contributed by atoms with van der Waals surface area (Å²) in [6.45, 7) is 3.81. The average Bonchev–Trinajstić information content (AvgIpc) is 2.94. The number of carbonyl (C=O) groups excluding carboxylic acids is 1. The SMILES string of the molecule is CC1CCC(N)C(C(=O)N2CC3CCC(O)C3C2)C1. The van der Waals surface area contributed by atoms with E-state index in [1.165, 1.54) is 0 Å². The van der Waals surface area contributed by atoms with E-state index in [9.17, 15) is 9.90 Å². The van der Waals surface area contributed by atoms with Crippen LogP contribution in [0.25, 0.3) is 0 Å². The molecule has 1 heterocycles. The van der Waals surface area contributed by atoms with Crippen LogP contribution in [0.4, 0.5) is 0 Å². The molecule has 19 heavy (non-hydrogen) atoms. The Labute approximate surface area is 115 Å². The summed E-state index contributed by atoms with van der Waals surface area (Å²) in [6, 6.07) is 0.0362. The molecule has 3 N–H and O–H groups in total. The van der Waals surface area contributed by atoms with Gasteiger partial charge in [0.25, 0.3) is 0 Å². The summed E-state index contributed by atoms with van der Waals surface area (Å²) in [4.78, 5) is 14.6. The van der Waals surface area contributed by atoms with Gasteiger partial charge in [-0.25, -0.2) is 0 Å². The largest absolute Gasteiger partial charge is 0.393 e. The number of fused-ring (bicyclic) bond motifs is 1. The Morgan fingerprint density at radius 2 is 2.00 bits per heavy atom. The van der Waals surface area contributed by atoms with Crippen molar-refractivity contribution in [3.8, 4) is 0 Å². The molecule has 3 aliphatic rings. The van der Waals surface area contributed by atoms with Crippen LogP contribution in [0.1, 0.15) is 39.0 Å². The summed E-state index contributed by atoms with van der Waals surface area (Å²) in [5, 5.41) is 9.94. The standard InChI is InChI=1S/C15H26N2O2/c1-9-2-4-13(16)11(6-9)15(19)17-7-10-3-5-14(18)12(10)8-17/h9-14,18H,2-8,16H2,1H3. The summed E-state index contributed by atoms with van der Waals surface area (Å²) >= 11 is 0. The highest BCUT2D eigenvalue weighted by molar-refractivity contribution is 5.80. The Kier molecular flexibility index (Phi) is 3.56. The van der Waals surface area contributed by atoms with Gasteiger partial charge in [0.15, 0.2) is 0 Å². The molecular formula is C15H26N2O2. The van der Waals surface area contributed by atoms with E-state index in [1.54, 1.807) is 0 Å². The number of aliphatic hydroxyl groups is 1. The number of nitrogens with zero attached hydrogens (tertiary/aromatic N) is 1. The van der Waals surface area contributed by atoms with E-state index >= 15 is 0 Å². The Bertz CT molecular complexity index is 360. The molecule has 0 radical (unpaired) electrons. The van der Waals surface area contributed by atoms with Crippen LogP contribution in [0.5, 0.6) is 0 Å². The van der Waals surface area contributed by atoms with Gasteiger partial charge in [0.05, 0.1) is 12.0 Å². The molecule has 4 heteroatoms. The van der Waals surface area contributed by atoms with Gasteiger partial charge < -0.3 is 15.7 Å². The van der Waals surface area contributed by atoms with E-state index in [0.717, 1.165) is 45.2 Å². The maximum absolute atomic E-state index is 12.7. The zero-order valence-electron chi connectivity index (χ0n) is 11.8. The molecule has 1 aliphatic heterocycles. The molecule has 2 aliphatic carbocycles. The van der Waals surface area contributed by atoms with Gasteiger partial charge in [-0.15, -0.1) is 0 Å². The van der Waals surface area contributed by atoms with Crippen molar-refractivity contribution in [2.45, 2.75) is 51.2 Å². The first-order chi connectivity index (χ1) is 9.06. The molecule has 0 aromatic rings. The van der Waals surface area contributed by atoms with E-state index in [4.69, 9.17) is 5.73 Å². The molecule has 0 aromatic carbocycles. The molecule has 1 amide bonds. The van der Waals surface area contributed by atoms with Gasteiger partial charge in [-0.05, 0) is 43.9 Å².